The fraction of sp³-hybridized carbons (Fsp3) is 0.375. The van der Waals surface area contributed by atoms with Crippen LogP contribution in [0.4, 0.5) is 15.2 Å². The van der Waals surface area contributed by atoms with Crippen molar-refractivity contribution in [2.75, 3.05) is 16.8 Å². The van der Waals surface area contributed by atoms with Gasteiger partial charge in [-0.2, -0.15) is 0 Å². The van der Waals surface area contributed by atoms with Crippen LogP contribution < -0.4 is 10.2 Å². The first-order valence-corrected chi connectivity index (χ1v) is 8.94. The van der Waals surface area contributed by atoms with E-state index in [0.717, 1.165) is 5.01 Å². The maximum absolute atomic E-state index is 13.3. The molecule has 1 fully saturated rings. The van der Waals surface area contributed by atoms with Gasteiger partial charge in [-0.15, -0.1) is 10.2 Å². The second kappa shape index (κ2) is 7.05. The van der Waals surface area contributed by atoms with Gasteiger partial charge in [-0.05, 0) is 18.2 Å². The largest absolute Gasteiger partial charge is 0.312 e. The molecule has 2 amide bonds. The van der Waals surface area contributed by atoms with Crippen LogP contribution in [0.1, 0.15) is 31.2 Å². The standard InChI is InChI=1S/C16H16ClFN4O2S/c1-8(2)15-20-21-16(25-15)19-14(24)9-5-13(23)22(7-9)10-3-4-12(18)11(17)6-10/h3-4,6,8-9H,5,7H2,1-2H3,(H,19,21,24). The van der Waals surface area contributed by atoms with Crippen molar-refractivity contribution < 1.29 is 14.0 Å². The van der Waals surface area contributed by atoms with Gasteiger partial charge in [0.25, 0.3) is 0 Å². The highest BCUT2D eigenvalue weighted by atomic mass is 35.5. The van der Waals surface area contributed by atoms with Crippen LogP contribution in [0.5, 0.6) is 0 Å². The van der Waals surface area contributed by atoms with E-state index in [4.69, 9.17) is 11.6 Å². The van der Waals surface area contributed by atoms with E-state index < -0.39 is 11.7 Å². The van der Waals surface area contributed by atoms with Crippen LogP contribution in [-0.4, -0.2) is 28.6 Å². The maximum atomic E-state index is 13.3. The Bertz CT molecular complexity index is 826. The molecule has 1 atom stereocenters. The van der Waals surface area contributed by atoms with E-state index in [1.807, 2.05) is 13.8 Å². The van der Waals surface area contributed by atoms with Crippen molar-refractivity contribution in [3.8, 4) is 0 Å². The molecule has 0 aliphatic carbocycles. The molecule has 2 heterocycles. The highest BCUT2D eigenvalue weighted by Crippen LogP contribution is 2.29. The minimum absolute atomic E-state index is 0.0618. The molecular formula is C16H16ClFN4O2S. The minimum atomic E-state index is -0.552. The molecule has 0 spiro atoms. The van der Waals surface area contributed by atoms with Gasteiger partial charge in [0.05, 0.1) is 10.9 Å². The number of halogens is 2. The lowest BCUT2D eigenvalue weighted by Gasteiger charge is -2.17. The minimum Gasteiger partial charge on any atom is -0.312 e. The number of amides is 2. The highest BCUT2D eigenvalue weighted by Gasteiger charge is 2.35. The summed E-state index contributed by atoms with van der Waals surface area (Å²) < 4.78 is 13.3. The van der Waals surface area contributed by atoms with Crippen LogP contribution in [0.25, 0.3) is 0 Å². The molecule has 1 unspecified atom stereocenters. The van der Waals surface area contributed by atoms with E-state index in [9.17, 15) is 14.0 Å². The summed E-state index contributed by atoms with van der Waals surface area (Å²) in [6.45, 7) is 4.20. The molecule has 1 aromatic heterocycles. The fourth-order valence-corrected chi connectivity index (χ4v) is 3.44. The number of benzene rings is 1. The Labute approximate surface area is 153 Å². The summed E-state index contributed by atoms with van der Waals surface area (Å²) in [4.78, 5) is 26.1. The Morgan fingerprint density at radius 2 is 2.20 bits per heavy atom. The van der Waals surface area contributed by atoms with E-state index >= 15 is 0 Å². The summed E-state index contributed by atoms with van der Waals surface area (Å²) in [5.74, 6) is -1.32. The third-order valence-electron chi connectivity index (χ3n) is 3.88. The number of nitrogens with one attached hydrogen (secondary N) is 1. The molecule has 0 radical (unpaired) electrons. The molecule has 3 rings (SSSR count). The topological polar surface area (TPSA) is 75.2 Å². The summed E-state index contributed by atoms with van der Waals surface area (Å²) in [5.41, 5.74) is 0.477. The summed E-state index contributed by atoms with van der Waals surface area (Å²) in [6.07, 6.45) is 0.0800. The number of rotatable bonds is 4. The van der Waals surface area contributed by atoms with Crippen LogP contribution >= 0.6 is 22.9 Å². The van der Waals surface area contributed by atoms with Gasteiger partial charge in [0.1, 0.15) is 10.8 Å². The third-order valence-corrected chi connectivity index (χ3v) is 5.30. The zero-order chi connectivity index (χ0) is 18.1. The average molecular weight is 383 g/mol. The number of carbonyl (C=O) groups excluding carboxylic acids is 2. The van der Waals surface area contributed by atoms with Crippen LogP contribution in [0.3, 0.4) is 0 Å². The van der Waals surface area contributed by atoms with E-state index in [1.165, 1.54) is 34.4 Å². The van der Waals surface area contributed by atoms with E-state index in [2.05, 4.69) is 15.5 Å². The first-order chi connectivity index (χ1) is 11.8. The van der Waals surface area contributed by atoms with Crippen molar-refractivity contribution in [3.63, 3.8) is 0 Å². The molecule has 1 N–H and O–H groups in total. The first-order valence-electron chi connectivity index (χ1n) is 7.75. The Kier molecular flexibility index (Phi) is 5.01. The SMILES string of the molecule is CC(C)c1nnc(NC(=O)C2CC(=O)N(c3ccc(F)c(Cl)c3)C2)s1. The predicted octanol–water partition coefficient (Wildman–Crippen LogP) is 3.45. The lowest BCUT2D eigenvalue weighted by atomic mass is 10.1. The fourth-order valence-electron chi connectivity index (χ4n) is 2.51. The second-order valence-electron chi connectivity index (χ2n) is 6.09. The summed E-state index contributed by atoms with van der Waals surface area (Å²) in [6, 6.07) is 4.06. The number of nitrogens with zero attached hydrogens (tertiary/aromatic N) is 3. The van der Waals surface area contributed by atoms with Crippen LogP contribution in [0.2, 0.25) is 5.02 Å². The quantitative estimate of drug-likeness (QED) is 0.878. The molecule has 1 aromatic carbocycles. The normalized spacial score (nSPS) is 17.4. The maximum Gasteiger partial charge on any atom is 0.231 e. The molecule has 1 aliphatic heterocycles. The molecule has 2 aromatic rings. The molecule has 9 heteroatoms. The van der Waals surface area contributed by atoms with E-state index in [-0.39, 0.29) is 35.7 Å². The first kappa shape index (κ1) is 17.8. The molecular weight excluding hydrogens is 367 g/mol. The third kappa shape index (κ3) is 3.80. The van der Waals surface area contributed by atoms with Crippen molar-refractivity contribution >= 4 is 45.6 Å². The van der Waals surface area contributed by atoms with Crippen molar-refractivity contribution in [3.05, 3.63) is 34.0 Å². The molecule has 0 bridgehead atoms. The molecule has 25 heavy (non-hydrogen) atoms. The molecule has 0 saturated carbocycles. The van der Waals surface area contributed by atoms with Crippen molar-refractivity contribution in [2.45, 2.75) is 26.2 Å². The molecule has 1 aliphatic rings. The van der Waals surface area contributed by atoms with Gasteiger partial charge in [0.15, 0.2) is 0 Å². The van der Waals surface area contributed by atoms with Gasteiger partial charge in [-0.1, -0.05) is 36.8 Å². The molecule has 132 valence electrons. The Morgan fingerprint density at radius 3 is 2.84 bits per heavy atom. The van der Waals surface area contributed by atoms with Gasteiger partial charge < -0.3 is 10.2 Å². The Hall–Kier alpha value is -2.06. The van der Waals surface area contributed by atoms with Gasteiger partial charge in [0, 0.05) is 24.6 Å². The van der Waals surface area contributed by atoms with Crippen molar-refractivity contribution in [1.82, 2.24) is 10.2 Å². The number of aromatic nitrogens is 2. The van der Waals surface area contributed by atoms with Crippen LogP contribution in [0.15, 0.2) is 18.2 Å². The van der Waals surface area contributed by atoms with E-state index in [1.54, 1.807) is 0 Å². The monoisotopic (exact) mass is 382 g/mol. The number of hydrogen-bond acceptors (Lipinski definition) is 5. The molecule has 1 saturated heterocycles. The van der Waals surface area contributed by atoms with Crippen LogP contribution in [0, 0.1) is 11.7 Å². The summed E-state index contributed by atoms with van der Waals surface area (Å²) >= 11 is 7.09. The lowest BCUT2D eigenvalue weighted by Crippen LogP contribution is -2.28. The average Bonchev–Trinajstić information content (AvgIpc) is 3.17. The summed E-state index contributed by atoms with van der Waals surface area (Å²) in [7, 11) is 0. The Balaban J connectivity index is 1.68. The van der Waals surface area contributed by atoms with Gasteiger partial charge in [0.2, 0.25) is 16.9 Å². The number of carbonyl (C=O) groups is 2. The zero-order valence-corrected chi connectivity index (χ0v) is 15.2. The van der Waals surface area contributed by atoms with Crippen molar-refractivity contribution in [1.29, 1.82) is 0 Å². The zero-order valence-electron chi connectivity index (χ0n) is 13.6. The van der Waals surface area contributed by atoms with Gasteiger partial charge in [-0.25, -0.2) is 4.39 Å². The molecule has 6 nitrogen and oxygen atoms in total. The van der Waals surface area contributed by atoms with Gasteiger partial charge >= 0.3 is 0 Å². The highest BCUT2D eigenvalue weighted by molar-refractivity contribution is 7.15. The lowest BCUT2D eigenvalue weighted by molar-refractivity contribution is -0.122. The van der Waals surface area contributed by atoms with Gasteiger partial charge in [-0.3, -0.25) is 9.59 Å². The smallest absolute Gasteiger partial charge is 0.231 e. The Morgan fingerprint density at radius 1 is 1.44 bits per heavy atom. The van der Waals surface area contributed by atoms with E-state index in [0.29, 0.717) is 10.8 Å². The van der Waals surface area contributed by atoms with Crippen LogP contribution in [-0.2, 0) is 9.59 Å². The predicted molar refractivity (Wildman–Crippen MR) is 94.5 cm³/mol. The van der Waals surface area contributed by atoms with Crippen molar-refractivity contribution in [2.24, 2.45) is 5.92 Å². The second-order valence-corrected chi connectivity index (χ2v) is 7.51. The summed E-state index contributed by atoms with van der Waals surface area (Å²) in [5, 5.41) is 11.9. The number of anilines is 2. The number of hydrogen-bond donors (Lipinski definition) is 1.